The van der Waals surface area contributed by atoms with Gasteiger partial charge in [-0.3, -0.25) is 4.79 Å². The number of benzene rings is 2. The Morgan fingerprint density at radius 1 is 1.16 bits per heavy atom. The fourth-order valence-corrected chi connectivity index (χ4v) is 2.72. The van der Waals surface area contributed by atoms with Crippen molar-refractivity contribution in [3.63, 3.8) is 0 Å². The molecule has 0 N–H and O–H groups in total. The summed E-state index contributed by atoms with van der Waals surface area (Å²) < 4.78 is 36.2. The number of nitrogens with zero attached hydrogens (tertiary/aromatic N) is 1. The number of hydrogen-bond acceptors (Lipinski definition) is 4. The van der Waals surface area contributed by atoms with Crippen LogP contribution < -0.4 is 9.64 Å². The van der Waals surface area contributed by atoms with E-state index in [9.17, 15) is 18.4 Å². The number of anilines is 1. The van der Waals surface area contributed by atoms with E-state index in [1.807, 2.05) is 0 Å². The highest BCUT2D eigenvalue weighted by molar-refractivity contribution is 5.98. The summed E-state index contributed by atoms with van der Waals surface area (Å²) in [6, 6.07) is 7.83. The molecule has 3 rings (SSSR count). The van der Waals surface area contributed by atoms with Crippen LogP contribution in [0.1, 0.15) is 15.9 Å². The van der Waals surface area contributed by atoms with Crippen LogP contribution in [-0.2, 0) is 16.0 Å². The van der Waals surface area contributed by atoms with Crippen molar-refractivity contribution in [2.75, 3.05) is 25.2 Å². The number of halogens is 2. The van der Waals surface area contributed by atoms with Gasteiger partial charge in [-0.2, -0.15) is 0 Å². The summed E-state index contributed by atoms with van der Waals surface area (Å²) in [5.41, 5.74) is 1.95. The van der Waals surface area contributed by atoms with Crippen LogP contribution in [0.4, 0.5) is 14.5 Å². The third-order valence-corrected chi connectivity index (χ3v) is 3.94. The maximum Gasteiger partial charge on any atom is 0.337 e. The van der Waals surface area contributed by atoms with E-state index in [1.165, 1.54) is 12.0 Å². The molecule has 1 aliphatic heterocycles. The van der Waals surface area contributed by atoms with Crippen molar-refractivity contribution < 1.29 is 27.8 Å². The number of ether oxygens (including phenoxy) is 2. The van der Waals surface area contributed by atoms with Crippen molar-refractivity contribution in [2.24, 2.45) is 0 Å². The van der Waals surface area contributed by atoms with Crippen molar-refractivity contribution >= 4 is 17.6 Å². The van der Waals surface area contributed by atoms with Gasteiger partial charge >= 0.3 is 5.97 Å². The second-order valence-electron chi connectivity index (χ2n) is 5.49. The normalized spacial score (nSPS) is 12.7. The van der Waals surface area contributed by atoms with E-state index in [0.29, 0.717) is 30.3 Å². The number of rotatable bonds is 4. The Morgan fingerprint density at radius 3 is 2.68 bits per heavy atom. The third kappa shape index (κ3) is 3.45. The average molecular weight is 347 g/mol. The lowest BCUT2D eigenvalue weighted by atomic mass is 10.1. The Kier molecular flexibility index (Phi) is 4.65. The van der Waals surface area contributed by atoms with Gasteiger partial charge in [-0.25, -0.2) is 13.6 Å². The fraction of sp³-hybridized carbons (Fsp3) is 0.222. The second kappa shape index (κ2) is 6.88. The highest BCUT2D eigenvalue weighted by Crippen LogP contribution is 2.29. The Balaban J connectivity index is 1.70. The van der Waals surface area contributed by atoms with Gasteiger partial charge in [0.15, 0.2) is 18.2 Å². The minimum Gasteiger partial charge on any atom is -0.481 e. The van der Waals surface area contributed by atoms with Gasteiger partial charge in [-0.05, 0) is 42.3 Å². The van der Waals surface area contributed by atoms with Gasteiger partial charge in [0, 0.05) is 18.3 Å². The van der Waals surface area contributed by atoms with Gasteiger partial charge in [0.1, 0.15) is 5.82 Å². The molecule has 0 unspecified atom stereocenters. The zero-order chi connectivity index (χ0) is 18.0. The topological polar surface area (TPSA) is 55.8 Å². The summed E-state index contributed by atoms with van der Waals surface area (Å²) >= 11 is 0. The van der Waals surface area contributed by atoms with Crippen molar-refractivity contribution in [1.82, 2.24) is 0 Å². The lowest BCUT2D eigenvalue weighted by Gasteiger charge is -2.18. The van der Waals surface area contributed by atoms with Gasteiger partial charge in [-0.15, -0.1) is 0 Å². The van der Waals surface area contributed by atoms with Crippen LogP contribution in [0, 0.1) is 11.6 Å². The Labute approximate surface area is 142 Å². The molecule has 0 radical (unpaired) electrons. The van der Waals surface area contributed by atoms with Crippen LogP contribution in [0.15, 0.2) is 36.4 Å². The van der Waals surface area contributed by atoms with Crippen molar-refractivity contribution in [3.8, 4) is 5.75 Å². The lowest BCUT2D eigenvalue weighted by Crippen LogP contribution is -2.33. The quantitative estimate of drug-likeness (QED) is 0.798. The molecule has 1 heterocycles. The van der Waals surface area contributed by atoms with E-state index >= 15 is 0 Å². The molecule has 0 aliphatic carbocycles. The lowest BCUT2D eigenvalue weighted by molar-refractivity contribution is -0.120. The molecule has 7 heteroatoms. The van der Waals surface area contributed by atoms with Crippen molar-refractivity contribution in [1.29, 1.82) is 0 Å². The van der Waals surface area contributed by atoms with E-state index in [1.54, 1.807) is 18.2 Å². The molecule has 2 aromatic rings. The third-order valence-electron chi connectivity index (χ3n) is 3.94. The van der Waals surface area contributed by atoms with Crippen LogP contribution in [0.3, 0.4) is 0 Å². The standard InChI is InChI=1S/C18H15F2NO4/c1-24-18(23)12-2-4-15-11(8-12)6-7-21(15)17(22)10-25-16-5-3-13(19)9-14(16)20/h2-5,8-9H,6-7,10H2,1H3. The minimum absolute atomic E-state index is 0.185. The largest absolute Gasteiger partial charge is 0.481 e. The molecule has 5 nitrogen and oxygen atoms in total. The molecule has 2 aromatic carbocycles. The van der Waals surface area contributed by atoms with E-state index in [4.69, 9.17) is 4.74 Å². The van der Waals surface area contributed by atoms with Crippen LogP contribution in [0.2, 0.25) is 0 Å². The van der Waals surface area contributed by atoms with E-state index in [2.05, 4.69) is 4.74 Å². The average Bonchev–Trinajstić information content (AvgIpc) is 3.03. The molecule has 0 saturated heterocycles. The monoisotopic (exact) mass is 347 g/mol. The van der Waals surface area contributed by atoms with Crippen molar-refractivity contribution in [2.45, 2.75) is 6.42 Å². The Bertz CT molecular complexity index is 838. The number of carbonyl (C=O) groups is 2. The summed E-state index contributed by atoms with van der Waals surface area (Å²) in [5, 5.41) is 0. The summed E-state index contributed by atoms with van der Waals surface area (Å²) in [6.45, 7) is 0.0643. The first-order chi connectivity index (χ1) is 12.0. The maximum absolute atomic E-state index is 13.5. The number of esters is 1. The number of fused-ring (bicyclic) bond motifs is 1. The molecule has 0 aromatic heterocycles. The number of hydrogen-bond donors (Lipinski definition) is 0. The maximum atomic E-state index is 13.5. The molecular weight excluding hydrogens is 332 g/mol. The molecule has 0 atom stereocenters. The molecule has 0 fully saturated rings. The zero-order valence-corrected chi connectivity index (χ0v) is 13.4. The van der Waals surface area contributed by atoms with Gasteiger partial charge in [0.2, 0.25) is 0 Å². The first kappa shape index (κ1) is 16.9. The predicted molar refractivity (Wildman–Crippen MR) is 85.7 cm³/mol. The fourth-order valence-electron chi connectivity index (χ4n) is 2.72. The zero-order valence-electron chi connectivity index (χ0n) is 13.4. The van der Waals surface area contributed by atoms with Gasteiger partial charge in [0.25, 0.3) is 5.91 Å². The summed E-state index contributed by atoms with van der Waals surface area (Å²) in [5.74, 6) is -2.56. The molecule has 130 valence electrons. The molecule has 0 saturated carbocycles. The molecule has 1 amide bonds. The van der Waals surface area contributed by atoms with Crippen molar-refractivity contribution in [3.05, 3.63) is 59.2 Å². The van der Waals surface area contributed by atoms with Crippen LogP contribution in [-0.4, -0.2) is 32.1 Å². The summed E-state index contributed by atoms with van der Waals surface area (Å²) in [6.07, 6.45) is 0.594. The van der Waals surface area contributed by atoms with Gasteiger partial charge in [-0.1, -0.05) is 0 Å². The number of methoxy groups -OCH3 is 1. The van der Waals surface area contributed by atoms with E-state index in [0.717, 1.165) is 17.7 Å². The van der Waals surface area contributed by atoms with Crippen LogP contribution >= 0.6 is 0 Å². The Hall–Kier alpha value is -2.96. The van der Waals surface area contributed by atoms with Crippen LogP contribution in [0.5, 0.6) is 5.75 Å². The first-order valence-corrected chi connectivity index (χ1v) is 7.59. The van der Waals surface area contributed by atoms with Gasteiger partial charge in [0.05, 0.1) is 12.7 Å². The predicted octanol–water partition coefficient (Wildman–Crippen LogP) is 2.72. The highest BCUT2D eigenvalue weighted by Gasteiger charge is 2.26. The minimum atomic E-state index is -0.864. The molecular formula is C18H15F2NO4. The van der Waals surface area contributed by atoms with Crippen LogP contribution in [0.25, 0.3) is 0 Å². The SMILES string of the molecule is COC(=O)c1ccc2c(c1)CCN2C(=O)COc1ccc(F)cc1F. The summed E-state index contributed by atoms with van der Waals surface area (Å²) in [7, 11) is 1.30. The van der Waals surface area contributed by atoms with E-state index in [-0.39, 0.29) is 18.3 Å². The number of amides is 1. The van der Waals surface area contributed by atoms with Gasteiger partial charge < -0.3 is 14.4 Å². The Morgan fingerprint density at radius 2 is 1.96 bits per heavy atom. The molecule has 1 aliphatic rings. The second-order valence-corrected chi connectivity index (χ2v) is 5.49. The highest BCUT2D eigenvalue weighted by atomic mass is 19.1. The van der Waals surface area contributed by atoms with E-state index < -0.39 is 17.6 Å². The summed E-state index contributed by atoms with van der Waals surface area (Å²) in [4.78, 5) is 25.4. The molecule has 25 heavy (non-hydrogen) atoms. The molecule has 0 spiro atoms. The molecule has 0 bridgehead atoms. The first-order valence-electron chi connectivity index (χ1n) is 7.59. The smallest absolute Gasteiger partial charge is 0.337 e. The number of carbonyl (C=O) groups excluding carboxylic acids is 2.